The summed E-state index contributed by atoms with van der Waals surface area (Å²) < 4.78 is 1.94. The van der Waals surface area contributed by atoms with E-state index in [-0.39, 0.29) is 6.03 Å². The molecular formula is C20H17N5O. The number of aromatic nitrogens is 3. The zero-order valence-electron chi connectivity index (χ0n) is 14.2. The van der Waals surface area contributed by atoms with E-state index in [1.54, 1.807) is 6.20 Å². The fraction of sp³-hybridized carbons (Fsp3) is 0.0500. The van der Waals surface area contributed by atoms with E-state index >= 15 is 0 Å². The molecule has 0 fully saturated rings. The van der Waals surface area contributed by atoms with Crippen LogP contribution in [0, 0.1) is 6.92 Å². The number of imidazole rings is 1. The number of rotatable bonds is 3. The Bertz CT molecular complexity index is 1070. The SMILES string of the molecule is Cc1c(-c2cccc(NC(=O)Nc3ccccc3)c2)nc2ncccn12. The van der Waals surface area contributed by atoms with E-state index in [1.165, 1.54) is 0 Å². The lowest BCUT2D eigenvalue weighted by Gasteiger charge is -2.08. The first-order valence-corrected chi connectivity index (χ1v) is 8.24. The molecule has 4 aromatic rings. The van der Waals surface area contributed by atoms with Crippen molar-refractivity contribution in [2.24, 2.45) is 0 Å². The number of nitrogens with zero attached hydrogens (tertiary/aromatic N) is 3. The highest BCUT2D eigenvalue weighted by molar-refractivity contribution is 6.00. The third kappa shape index (κ3) is 3.12. The number of carbonyl (C=O) groups excluding carboxylic acids is 1. The Labute approximate surface area is 150 Å². The highest BCUT2D eigenvalue weighted by Crippen LogP contribution is 2.25. The van der Waals surface area contributed by atoms with Crippen LogP contribution in [-0.2, 0) is 0 Å². The third-order valence-electron chi connectivity index (χ3n) is 4.07. The molecule has 6 nitrogen and oxygen atoms in total. The molecule has 0 saturated carbocycles. The molecule has 2 heterocycles. The van der Waals surface area contributed by atoms with Crippen molar-refractivity contribution in [1.29, 1.82) is 0 Å². The molecule has 0 bridgehead atoms. The van der Waals surface area contributed by atoms with Gasteiger partial charge < -0.3 is 10.6 Å². The predicted octanol–water partition coefficient (Wildman–Crippen LogP) is 4.35. The molecule has 2 aromatic carbocycles. The Morgan fingerprint density at radius 3 is 2.54 bits per heavy atom. The lowest BCUT2D eigenvalue weighted by Crippen LogP contribution is -2.19. The largest absolute Gasteiger partial charge is 0.323 e. The van der Waals surface area contributed by atoms with Crippen LogP contribution in [0.4, 0.5) is 16.2 Å². The van der Waals surface area contributed by atoms with Gasteiger partial charge in [-0.1, -0.05) is 30.3 Å². The Kier molecular flexibility index (Phi) is 4.07. The maximum atomic E-state index is 12.2. The summed E-state index contributed by atoms with van der Waals surface area (Å²) in [7, 11) is 0. The van der Waals surface area contributed by atoms with Crippen molar-refractivity contribution in [2.45, 2.75) is 6.92 Å². The van der Waals surface area contributed by atoms with Crippen molar-refractivity contribution in [1.82, 2.24) is 14.4 Å². The molecular weight excluding hydrogens is 326 g/mol. The molecule has 6 heteroatoms. The van der Waals surface area contributed by atoms with Gasteiger partial charge in [0.2, 0.25) is 5.78 Å². The minimum absolute atomic E-state index is 0.290. The topological polar surface area (TPSA) is 71.3 Å². The predicted molar refractivity (Wildman–Crippen MR) is 102 cm³/mol. The Hall–Kier alpha value is -3.67. The van der Waals surface area contributed by atoms with Gasteiger partial charge >= 0.3 is 6.03 Å². The Morgan fingerprint density at radius 2 is 1.73 bits per heavy atom. The lowest BCUT2D eigenvalue weighted by atomic mass is 10.1. The number of aryl methyl sites for hydroxylation is 1. The number of hydrogen-bond donors (Lipinski definition) is 2. The van der Waals surface area contributed by atoms with Gasteiger partial charge in [0.15, 0.2) is 0 Å². The van der Waals surface area contributed by atoms with Crippen molar-refractivity contribution >= 4 is 23.2 Å². The molecule has 2 amide bonds. The summed E-state index contributed by atoms with van der Waals surface area (Å²) in [5, 5.41) is 5.66. The lowest BCUT2D eigenvalue weighted by molar-refractivity contribution is 0.262. The number of amides is 2. The zero-order chi connectivity index (χ0) is 17.9. The molecule has 4 rings (SSSR count). The fourth-order valence-corrected chi connectivity index (χ4v) is 2.84. The van der Waals surface area contributed by atoms with Crippen LogP contribution in [0.5, 0.6) is 0 Å². The van der Waals surface area contributed by atoms with Crippen LogP contribution in [-0.4, -0.2) is 20.4 Å². The number of carbonyl (C=O) groups is 1. The zero-order valence-corrected chi connectivity index (χ0v) is 14.2. The molecule has 2 N–H and O–H groups in total. The second-order valence-electron chi connectivity index (χ2n) is 5.86. The van der Waals surface area contributed by atoms with Crippen molar-refractivity contribution in [3.8, 4) is 11.3 Å². The summed E-state index contributed by atoms with van der Waals surface area (Å²) in [6.45, 7) is 2.00. The number of hydrogen-bond acceptors (Lipinski definition) is 3. The molecule has 0 saturated heterocycles. The van der Waals surface area contributed by atoms with Gasteiger partial charge in [-0.3, -0.25) is 4.40 Å². The second kappa shape index (κ2) is 6.68. The Morgan fingerprint density at radius 1 is 0.962 bits per heavy atom. The van der Waals surface area contributed by atoms with Gasteiger partial charge in [0, 0.05) is 35.0 Å². The van der Waals surface area contributed by atoms with Gasteiger partial charge in [0.25, 0.3) is 0 Å². The molecule has 0 unspecified atom stereocenters. The van der Waals surface area contributed by atoms with Gasteiger partial charge in [-0.15, -0.1) is 0 Å². The minimum atomic E-state index is -0.290. The number of anilines is 2. The van der Waals surface area contributed by atoms with E-state index < -0.39 is 0 Å². The van der Waals surface area contributed by atoms with E-state index in [1.807, 2.05) is 78.2 Å². The maximum Gasteiger partial charge on any atom is 0.323 e. The van der Waals surface area contributed by atoms with Crippen molar-refractivity contribution in [3.05, 3.63) is 78.8 Å². The van der Waals surface area contributed by atoms with Gasteiger partial charge in [-0.2, -0.15) is 0 Å². The molecule has 0 aliphatic rings. The van der Waals surface area contributed by atoms with Crippen LogP contribution in [0.1, 0.15) is 5.69 Å². The number of benzene rings is 2. The fourth-order valence-electron chi connectivity index (χ4n) is 2.84. The summed E-state index contributed by atoms with van der Waals surface area (Å²) in [6, 6.07) is 18.5. The first kappa shape index (κ1) is 15.8. The summed E-state index contributed by atoms with van der Waals surface area (Å²) in [6.07, 6.45) is 3.65. The molecule has 0 atom stereocenters. The number of para-hydroxylation sites is 1. The number of nitrogens with one attached hydrogen (secondary N) is 2. The van der Waals surface area contributed by atoms with Crippen LogP contribution in [0.15, 0.2) is 73.1 Å². The normalized spacial score (nSPS) is 10.7. The van der Waals surface area contributed by atoms with Gasteiger partial charge in [0.05, 0.1) is 5.69 Å². The smallest absolute Gasteiger partial charge is 0.308 e. The Balaban J connectivity index is 1.58. The van der Waals surface area contributed by atoms with E-state index in [0.717, 1.165) is 22.6 Å². The van der Waals surface area contributed by atoms with E-state index in [0.29, 0.717) is 11.5 Å². The highest BCUT2D eigenvalue weighted by atomic mass is 16.2. The van der Waals surface area contributed by atoms with E-state index in [4.69, 9.17) is 0 Å². The highest BCUT2D eigenvalue weighted by Gasteiger charge is 2.11. The van der Waals surface area contributed by atoms with Gasteiger partial charge in [-0.05, 0) is 37.3 Å². The second-order valence-corrected chi connectivity index (χ2v) is 5.86. The first-order valence-electron chi connectivity index (χ1n) is 8.24. The van der Waals surface area contributed by atoms with Crippen LogP contribution in [0.25, 0.3) is 17.0 Å². The molecule has 2 aromatic heterocycles. The minimum Gasteiger partial charge on any atom is -0.308 e. The van der Waals surface area contributed by atoms with Crippen LogP contribution < -0.4 is 10.6 Å². The quantitative estimate of drug-likeness (QED) is 0.581. The van der Waals surface area contributed by atoms with Crippen molar-refractivity contribution < 1.29 is 4.79 Å². The number of urea groups is 1. The average molecular weight is 343 g/mol. The maximum absolute atomic E-state index is 12.2. The van der Waals surface area contributed by atoms with Crippen molar-refractivity contribution in [3.63, 3.8) is 0 Å². The summed E-state index contributed by atoms with van der Waals surface area (Å²) in [5.74, 6) is 0.653. The van der Waals surface area contributed by atoms with Crippen LogP contribution in [0.2, 0.25) is 0 Å². The monoisotopic (exact) mass is 343 g/mol. The van der Waals surface area contributed by atoms with Crippen LogP contribution in [0.3, 0.4) is 0 Å². The third-order valence-corrected chi connectivity index (χ3v) is 4.07. The van der Waals surface area contributed by atoms with Crippen molar-refractivity contribution in [2.75, 3.05) is 10.6 Å². The molecule has 26 heavy (non-hydrogen) atoms. The van der Waals surface area contributed by atoms with E-state index in [9.17, 15) is 4.79 Å². The molecule has 0 radical (unpaired) electrons. The molecule has 0 aliphatic heterocycles. The summed E-state index contributed by atoms with van der Waals surface area (Å²) in [5.41, 5.74) is 4.20. The standard InChI is InChI=1S/C20H17N5O/c1-14-18(24-19-21-11-6-12-25(14)19)15-7-5-10-17(13-15)23-20(26)22-16-8-3-2-4-9-16/h2-13H,1H3,(H2,22,23,26). The van der Waals surface area contributed by atoms with Gasteiger partial charge in [0.1, 0.15) is 0 Å². The van der Waals surface area contributed by atoms with Gasteiger partial charge in [-0.25, -0.2) is 14.8 Å². The van der Waals surface area contributed by atoms with E-state index in [2.05, 4.69) is 20.6 Å². The molecule has 0 aliphatic carbocycles. The molecule has 128 valence electrons. The summed E-state index contributed by atoms with van der Waals surface area (Å²) >= 11 is 0. The van der Waals surface area contributed by atoms with Crippen LogP contribution >= 0.6 is 0 Å². The first-order chi connectivity index (χ1) is 12.7. The average Bonchev–Trinajstić information content (AvgIpc) is 3.00. The number of fused-ring (bicyclic) bond motifs is 1. The molecule has 0 spiro atoms. The summed E-state index contributed by atoms with van der Waals surface area (Å²) in [4.78, 5) is 21.1.